The number of hydrogen-bond donors (Lipinski definition) is 0. The molecule has 5 nitrogen and oxygen atoms in total. The highest BCUT2D eigenvalue weighted by atomic mass is 16.6. The van der Waals surface area contributed by atoms with Crippen LogP contribution in [0.2, 0.25) is 0 Å². The van der Waals surface area contributed by atoms with Gasteiger partial charge in [0.1, 0.15) is 11.5 Å². The lowest BCUT2D eigenvalue weighted by molar-refractivity contribution is -0.385. The third-order valence-electron chi connectivity index (χ3n) is 3.00. The molecular formula is C17H18N2O3. The van der Waals surface area contributed by atoms with Gasteiger partial charge in [-0.15, -0.1) is 0 Å². The second kappa shape index (κ2) is 6.76. The van der Waals surface area contributed by atoms with Crippen LogP contribution in [0.3, 0.4) is 0 Å². The number of ether oxygens (including phenoxy) is 1. The largest absolute Gasteiger partial charge is 0.457 e. The molecule has 0 aromatic heterocycles. The van der Waals surface area contributed by atoms with Gasteiger partial charge in [0.25, 0.3) is 5.69 Å². The van der Waals surface area contributed by atoms with Gasteiger partial charge in [-0.25, -0.2) is 0 Å². The molecule has 0 aliphatic heterocycles. The summed E-state index contributed by atoms with van der Waals surface area (Å²) in [5.74, 6) is 1.26. The Bertz CT molecular complexity index is 692. The molecule has 114 valence electrons. The van der Waals surface area contributed by atoms with Crippen molar-refractivity contribution in [2.75, 3.05) is 14.1 Å². The summed E-state index contributed by atoms with van der Waals surface area (Å²) in [5.41, 5.74) is 1.70. The molecule has 0 radical (unpaired) electrons. The maximum absolute atomic E-state index is 11.1. The average molecular weight is 298 g/mol. The number of nitrogens with zero attached hydrogens (tertiary/aromatic N) is 2. The molecule has 22 heavy (non-hydrogen) atoms. The van der Waals surface area contributed by atoms with Gasteiger partial charge in [-0.1, -0.05) is 17.7 Å². The predicted octanol–water partition coefficient (Wildman–Crippen LogP) is 4.23. The van der Waals surface area contributed by atoms with Crippen LogP contribution in [0.25, 0.3) is 6.08 Å². The molecule has 0 heterocycles. The molecule has 0 fully saturated rings. The van der Waals surface area contributed by atoms with E-state index < -0.39 is 4.92 Å². The number of hydrogen-bond acceptors (Lipinski definition) is 4. The number of nitro benzene ring substituents is 1. The van der Waals surface area contributed by atoms with E-state index in [1.165, 1.54) is 6.07 Å². The van der Waals surface area contributed by atoms with Gasteiger partial charge in [-0.2, -0.15) is 0 Å². The normalized spacial score (nSPS) is 10.7. The van der Waals surface area contributed by atoms with Crippen LogP contribution in [0.5, 0.6) is 11.5 Å². The van der Waals surface area contributed by atoms with E-state index in [4.69, 9.17) is 4.74 Å². The molecule has 0 unspecified atom stereocenters. The van der Waals surface area contributed by atoms with Crippen LogP contribution in [-0.4, -0.2) is 23.9 Å². The van der Waals surface area contributed by atoms with E-state index in [-0.39, 0.29) is 5.69 Å². The smallest absolute Gasteiger partial charge is 0.276 e. The van der Waals surface area contributed by atoms with Crippen molar-refractivity contribution >= 4 is 11.8 Å². The van der Waals surface area contributed by atoms with Crippen molar-refractivity contribution < 1.29 is 9.66 Å². The summed E-state index contributed by atoms with van der Waals surface area (Å²) in [7, 11) is 3.71. The maximum atomic E-state index is 11.1. The van der Waals surface area contributed by atoms with Crippen molar-refractivity contribution in [2.45, 2.75) is 6.92 Å². The molecule has 0 spiro atoms. The number of aryl methyl sites for hydroxylation is 1. The van der Waals surface area contributed by atoms with E-state index >= 15 is 0 Å². The summed E-state index contributed by atoms with van der Waals surface area (Å²) in [6.07, 6.45) is 3.46. The zero-order chi connectivity index (χ0) is 16.1. The molecule has 0 aliphatic rings. The van der Waals surface area contributed by atoms with Crippen molar-refractivity contribution in [1.29, 1.82) is 0 Å². The van der Waals surface area contributed by atoms with Crippen molar-refractivity contribution in [3.8, 4) is 11.5 Å². The van der Waals surface area contributed by atoms with E-state index in [1.807, 2.05) is 50.2 Å². The molecule has 2 aromatic carbocycles. The second-order valence-electron chi connectivity index (χ2n) is 5.17. The monoisotopic (exact) mass is 298 g/mol. The molecule has 0 saturated heterocycles. The molecular weight excluding hydrogens is 280 g/mol. The topological polar surface area (TPSA) is 55.6 Å². The Balaban J connectivity index is 2.31. The van der Waals surface area contributed by atoms with Gasteiger partial charge in [0.15, 0.2) is 0 Å². The molecule has 0 amide bonds. The Morgan fingerprint density at radius 1 is 1.09 bits per heavy atom. The van der Waals surface area contributed by atoms with Gasteiger partial charge in [-0.05, 0) is 43.5 Å². The fourth-order valence-electron chi connectivity index (χ4n) is 1.87. The van der Waals surface area contributed by atoms with Gasteiger partial charge < -0.3 is 9.64 Å². The minimum absolute atomic E-state index is 0.0503. The van der Waals surface area contributed by atoms with Crippen LogP contribution in [-0.2, 0) is 0 Å². The third kappa shape index (κ3) is 4.09. The summed E-state index contributed by atoms with van der Waals surface area (Å²) < 4.78 is 5.75. The van der Waals surface area contributed by atoms with Gasteiger partial charge in [0.05, 0.1) is 10.5 Å². The lowest BCUT2D eigenvalue weighted by Gasteiger charge is -2.08. The van der Waals surface area contributed by atoms with Crippen LogP contribution in [0.4, 0.5) is 5.69 Å². The molecule has 2 rings (SSSR count). The minimum atomic E-state index is -0.398. The lowest BCUT2D eigenvalue weighted by atomic mass is 10.1. The van der Waals surface area contributed by atoms with Gasteiger partial charge in [-0.3, -0.25) is 10.1 Å². The van der Waals surface area contributed by atoms with Crippen LogP contribution in [0.15, 0.2) is 48.7 Å². The van der Waals surface area contributed by atoms with E-state index in [1.54, 1.807) is 24.4 Å². The lowest BCUT2D eigenvalue weighted by Crippen LogP contribution is -2.00. The van der Waals surface area contributed by atoms with Crippen LogP contribution >= 0.6 is 0 Å². The SMILES string of the molecule is Cc1ccc(Oc2ccc([N+](=O)[O-])c(/C=C/N(C)C)c2)cc1. The van der Waals surface area contributed by atoms with Crippen LogP contribution in [0.1, 0.15) is 11.1 Å². The first-order chi connectivity index (χ1) is 10.5. The molecule has 0 saturated carbocycles. The van der Waals surface area contributed by atoms with E-state index in [2.05, 4.69) is 0 Å². The Hall–Kier alpha value is -2.82. The Morgan fingerprint density at radius 3 is 2.32 bits per heavy atom. The van der Waals surface area contributed by atoms with Crippen molar-refractivity contribution in [3.63, 3.8) is 0 Å². The molecule has 0 bridgehead atoms. The Kier molecular flexibility index (Phi) is 4.78. The zero-order valence-electron chi connectivity index (χ0n) is 12.8. The van der Waals surface area contributed by atoms with Crippen LogP contribution < -0.4 is 4.74 Å². The van der Waals surface area contributed by atoms with E-state index in [0.717, 1.165) is 5.56 Å². The van der Waals surface area contributed by atoms with Gasteiger partial charge >= 0.3 is 0 Å². The maximum Gasteiger partial charge on any atom is 0.276 e. The highest BCUT2D eigenvalue weighted by Gasteiger charge is 2.13. The number of nitro groups is 1. The van der Waals surface area contributed by atoms with E-state index in [9.17, 15) is 10.1 Å². The number of benzene rings is 2. The number of rotatable bonds is 5. The Morgan fingerprint density at radius 2 is 1.73 bits per heavy atom. The predicted molar refractivity (Wildman–Crippen MR) is 87.1 cm³/mol. The molecule has 5 heteroatoms. The molecule has 0 atom stereocenters. The van der Waals surface area contributed by atoms with Crippen molar-refractivity contribution in [1.82, 2.24) is 4.90 Å². The molecule has 0 N–H and O–H groups in total. The summed E-state index contributed by atoms with van der Waals surface area (Å²) in [6, 6.07) is 12.4. The van der Waals surface area contributed by atoms with Crippen molar-refractivity contribution in [3.05, 3.63) is 69.9 Å². The standard InChI is InChI=1S/C17H18N2O3/c1-13-4-6-15(7-5-13)22-16-8-9-17(19(20)21)14(12-16)10-11-18(2)3/h4-12H,1-3H3/b11-10+. The first-order valence-corrected chi connectivity index (χ1v) is 6.83. The second-order valence-corrected chi connectivity index (χ2v) is 5.17. The fourth-order valence-corrected chi connectivity index (χ4v) is 1.87. The molecule has 2 aromatic rings. The first-order valence-electron chi connectivity index (χ1n) is 6.83. The fraction of sp³-hybridized carbons (Fsp3) is 0.176. The van der Waals surface area contributed by atoms with Gasteiger partial charge in [0.2, 0.25) is 0 Å². The quantitative estimate of drug-likeness (QED) is 0.612. The first kappa shape index (κ1) is 15.6. The highest BCUT2D eigenvalue weighted by Crippen LogP contribution is 2.28. The average Bonchev–Trinajstić information content (AvgIpc) is 2.47. The Labute approximate surface area is 129 Å². The van der Waals surface area contributed by atoms with Crippen LogP contribution in [0, 0.1) is 17.0 Å². The highest BCUT2D eigenvalue weighted by molar-refractivity contribution is 5.63. The summed E-state index contributed by atoms with van der Waals surface area (Å²) in [5, 5.41) is 11.1. The summed E-state index contributed by atoms with van der Waals surface area (Å²) in [6.45, 7) is 2.00. The molecule has 0 aliphatic carbocycles. The summed E-state index contributed by atoms with van der Waals surface area (Å²) in [4.78, 5) is 12.5. The van der Waals surface area contributed by atoms with Crippen molar-refractivity contribution in [2.24, 2.45) is 0 Å². The third-order valence-corrected chi connectivity index (χ3v) is 3.00. The summed E-state index contributed by atoms with van der Waals surface area (Å²) >= 11 is 0. The van der Waals surface area contributed by atoms with Gasteiger partial charge in [0, 0.05) is 20.2 Å². The zero-order valence-corrected chi connectivity index (χ0v) is 12.8. The minimum Gasteiger partial charge on any atom is -0.457 e. The van der Waals surface area contributed by atoms with E-state index in [0.29, 0.717) is 17.1 Å².